The van der Waals surface area contributed by atoms with Crippen molar-refractivity contribution in [3.05, 3.63) is 6.04 Å². The van der Waals surface area contributed by atoms with Gasteiger partial charge in [-0.15, -0.1) is 0 Å². The number of hydrogen-bond donors (Lipinski definition) is 2. The average Bonchev–Trinajstić information content (AvgIpc) is 1.59. The molecule has 0 aromatic heterocycles. The molecule has 0 aliphatic heterocycles. The van der Waals surface area contributed by atoms with Gasteiger partial charge >= 0.3 is 0 Å². The van der Waals surface area contributed by atoms with Crippen molar-refractivity contribution in [1.29, 1.82) is 0 Å². The molecule has 0 saturated heterocycles. The summed E-state index contributed by atoms with van der Waals surface area (Å²) < 4.78 is -1.12. The van der Waals surface area contributed by atoms with E-state index in [1.165, 1.54) is 0 Å². The Morgan fingerprint density at radius 2 is 1.90 bits per heavy atom. The fourth-order valence-electron chi connectivity index (χ4n) is 0.364. The summed E-state index contributed by atoms with van der Waals surface area (Å²) >= 11 is 10.9. The monoisotopic (exact) mass is 364 g/mol. The number of alkyl halides is 2. The predicted molar refractivity (Wildman–Crippen MR) is 41.0 cm³/mol. The summed E-state index contributed by atoms with van der Waals surface area (Å²) in [5.41, 5.74) is 10.6. The van der Waals surface area contributed by atoms with Crippen LogP contribution >= 0.6 is 23.2 Å². The minimum absolute atomic E-state index is 0. The molecule has 5 heteroatoms. The fraction of sp³-hybridized carbons (Fsp3) is 0.800. The molecule has 0 rings (SSSR count). The minimum atomic E-state index is -1.12. The second-order valence-corrected chi connectivity index (χ2v) is 3.65. The van der Waals surface area contributed by atoms with Gasteiger partial charge < -0.3 is 11.5 Å². The van der Waals surface area contributed by atoms with Crippen LogP contribution in [0.1, 0.15) is 19.8 Å². The van der Waals surface area contributed by atoms with Gasteiger partial charge in [0, 0.05) is 21.1 Å². The van der Waals surface area contributed by atoms with Crippen molar-refractivity contribution in [2.45, 2.75) is 24.2 Å². The van der Waals surface area contributed by atoms with Crippen molar-refractivity contribution in [1.82, 2.24) is 0 Å². The van der Waals surface area contributed by atoms with Gasteiger partial charge in [0.15, 0.2) is 4.46 Å². The van der Waals surface area contributed by atoms with Gasteiger partial charge in [-0.3, -0.25) is 6.04 Å². The zero-order chi connectivity index (χ0) is 7.49. The van der Waals surface area contributed by atoms with Gasteiger partial charge in [-0.2, -0.15) is 13.3 Å². The molecule has 0 aromatic carbocycles. The van der Waals surface area contributed by atoms with Crippen LogP contribution in [0.5, 0.6) is 0 Å². The summed E-state index contributed by atoms with van der Waals surface area (Å²) in [6.07, 6.45) is 1.17. The molecule has 0 saturated carbocycles. The van der Waals surface area contributed by atoms with Crippen LogP contribution in [0.15, 0.2) is 0 Å². The molecule has 66 valence electrons. The van der Waals surface area contributed by atoms with E-state index in [9.17, 15) is 0 Å². The van der Waals surface area contributed by atoms with E-state index < -0.39 is 4.46 Å². The largest absolute Gasteiger partial charge is 0.481 e. The summed E-state index contributed by atoms with van der Waals surface area (Å²) in [6, 6.07) is 0.797. The van der Waals surface area contributed by atoms with Crippen molar-refractivity contribution >= 4 is 23.2 Å². The molecule has 0 aliphatic carbocycles. The maximum atomic E-state index is 5.45. The van der Waals surface area contributed by atoms with Crippen molar-refractivity contribution in [2.24, 2.45) is 11.5 Å². The molecule has 0 bridgehead atoms. The molecule has 0 unspecified atom stereocenters. The van der Waals surface area contributed by atoms with Crippen molar-refractivity contribution in [3.63, 3.8) is 0 Å². The molecule has 0 spiro atoms. The quantitative estimate of drug-likeness (QED) is 0.451. The van der Waals surface area contributed by atoms with Gasteiger partial charge in [0.05, 0.1) is 0 Å². The van der Waals surface area contributed by atoms with Crippen LogP contribution in [-0.4, -0.2) is 4.46 Å². The SMILES string of the molecule is C[C-](N)CCC(N)(Cl)Cl.[Pt]. The van der Waals surface area contributed by atoms with Gasteiger partial charge in [-0.05, 0) is 6.42 Å². The van der Waals surface area contributed by atoms with Crippen LogP contribution in [-0.2, 0) is 21.1 Å². The van der Waals surface area contributed by atoms with E-state index in [0.29, 0.717) is 12.8 Å². The first-order valence-corrected chi connectivity index (χ1v) is 3.42. The molecule has 0 heterocycles. The van der Waals surface area contributed by atoms with E-state index in [1.807, 2.05) is 0 Å². The van der Waals surface area contributed by atoms with Gasteiger partial charge in [-0.1, -0.05) is 23.2 Å². The molecule has 4 N–H and O–H groups in total. The third-order valence-corrected chi connectivity index (χ3v) is 1.23. The Bertz CT molecular complexity index is 82.2. The standard InChI is InChI=1S/C5H11Cl2N2.Pt/c1-4(8)2-3-5(6,7)9;/h2-3,8-9H2,1H3;/q-1;. The van der Waals surface area contributed by atoms with E-state index in [2.05, 4.69) is 0 Å². The zero-order valence-electron chi connectivity index (χ0n) is 5.64. The van der Waals surface area contributed by atoms with Crippen LogP contribution in [0, 0.1) is 6.04 Å². The molecule has 0 aromatic rings. The summed E-state index contributed by atoms with van der Waals surface area (Å²) in [6.45, 7) is 1.81. The first-order chi connectivity index (χ1) is 3.92. The number of rotatable bonds is 3. The number of halogens is 2. The molecular weight excluding hydrogens is 354 g/mol. The third-order valence-electron chi connectivity index (χ3n) is 0.853. The Morgan fingerprint density at radius 1 is 1.50 bits per heavy atom. The summed E-state index contributed by atoms with van der Waals surface area (Å²) in [5.74, 6) is 0. The normalized spacial score (nSPS) is 11.4. The van der Waals surface area contributed by atoms with Gasteiger partial charge in [-0.25, -0.2) is 0 Å². The number of nitrogens with two attached hydrogens (primary N) is 2. The summed E-state index contributed by atoms with van der Waals surface area (Å²) in [4.78, 5) is 0. The molecule has 0 amide bonds. The van der Waals surface area contributed by atoms with Crippen LogP contribution in [0.25, 0.3) is 0 Å². The van der Waals surface area contributed by atoms with Crippen molar-refractivity contribution in [2.75, 3.05) is 0 Å². The molecule has 0 atom stereocenters. The van der Waals surface area contributed by atoms with Crippen LogP contribution in [0.4, 0.5) is 0 Å². The molecule has 2 nitrogen and oxygen atoms in total. The van der Waals surface area contributed by atoms with E-state index in [4.69, 9.17) is 34.7 Å². The maximum Gasteiger partial charge on any atom is 0.164 e. The Hall–Kier alpha value is 1.19. The third kappa shape index (κ3) is 11.9. The smallest absolute Gasteiger partial charge is 0.164 e. The van der Waals surface area contributed by atoms with Crippen LogP contribution < -0.4 is 11.5 Å². The fourth-order valence-corrected chi connectivity index (χ4v) is 0.553. The van der Waals surface area contributed by atoms with Gasteiger partial charge in [0.2, 0.25) is 0 Å². The zero-order valence-corrected chi connectivity index (χ0v) is 9.43. The minimum Gasteiger partial charge on any atom is -0.481 e. The second kappa shape index (κ2) is 5.79. The molecule has 10 heavy (non-hydrogen) atoms. The Balaban J connectivity index is 0. The Labute approximate surface area is 85.9 Å². The van der Waals surface area contributed by atoms with E-state index >= 15 is 0 Å². The average molecular weight is 365 g/mol. The Morgan fingerprint density at radius 3 is 2.00 bits per heavy atom. The first-order valence-electron chi connectivity index (χ1n) is 2.66. The molecule has 0 aliphatic rings. The maximum absolute atomic E-state index is 5.45. The van der Waals surface area contributed by atoms with E-state index in [0.717, 1.165) is 6.04 Å². The van der Waals surface area contributed by atoms with E-state index in [1.54, 1.807) is 6.92 Å². The molecule has 0 fully saturated rings. The van der Waals surface area contributed by atoms with Gasteiger partial charge in [0.1, 0.15) is 0 Å². The van der Waals surface area contributed by atoms with Crippen LogP contribution in [0.2, 0.25) is 0 Å². The van der Waals surface area contributed by atoms with Crippen molar-refractivity contribution < 1.29 is 21.1 Å². The summed E-state index contributed by atoms with van der Waals surface area (Å²) in [5, 5.41) is 0. The predicted octanol–water partition coefficient (Wildman–Crippen LogP) is 1.36. The van der Waals surface area contributed by atoms with Crippen LogP contribution in [0.3, 0.4) is 0 Å². The van der Waals surface area contributed by atoms with Crippen molar-refractivity contribution in [3.8, 4) is 0 Å². The Kier molecular flexibility index (Phi) is 7.96. The molecule has 0 radical (unpaired) electrons. The van der Waals surface area contributed by atoms with Gasteiger partial charge in [0.25, 0.3) is 0 Å². The summed E-state index contributed by atoms with van der Waals surface area (Å²) in [7, 11) is 0. The number of hydrogen-bond acceptors (Lipinski definition) is 2. The second-order valence-electron chi connectivity index (χ2n) is 2.11. The first kappa shape index (κ1) is 13.8. The topological polar surface area (TPSA) is 52.0 Å². The molecular formula is C5H11Cl2N2Pt-. The van der Waals surface area contributed by atoms with E-state index in [-0.39, 0.29) is 21.1 Å².